The summed E-state index contributed by atoms with van der Waals surface area (Å²) in [5, 5.41) is 0.762. The predicted octanol–water partition coefficient (Wildman–Crippen LogP) is 3.88. The van der Waals surface area contributed by atoms with Crippen LogP contribution in [-0.4, -0.2) is 0 Å². The van der Waals surface area contributed by atoms with Gasteiger partial charge in [-0.05, 0) is 41.8 Å². The summed E-state index contributed by atoms with van der Waals surface area (Å²) in [4.78, 5) is 0. The normalized spacial score (nSPS) is 12.4. The van der Waals surface area contributed by atoms with E-state index >= 15 is 0 Å². The Bertz CT molecular complexity index is 575. The molecule has 5 heteroatoms. The Morgan fingerprint density at radius 3 is 2.58 bits per heavy atom. The topological polar surface area (TPSA) is 38.0 Å². The minimum absolute atomic E-state index is 0.0993. The molecule has 1 unspecified atom stereocenters. The average Bonchev–Trinajstić information content (AvgIpc) is 2.39. The van der Waals surface area contributed by atoms with Crippen molar-refractivity contribution < 1.29 is 4.39 Å². The fraction of sp³-hybridized carbons (Fsp3) is 0.143. The van der Waals surface area contributed by atoms with E-state index in [-0.39, 0.29) is 11.1 Å². The average molecular weight is 299 g/mol. The fourth-order valence-electron chi connectivity index (χ4n) is 1.90. The van der Waals surface area contributed by atoms with E-state index in [9.17, 15) is 4.39 Å². The summed E-state index contributed by atoms with van der Waals surface area (Å²) in [5.74, 6) is 5.09. The molecule has 1 atom stereocenters. The smallest absolute Gasteiger partial charge is 0.142 e. The molecule has 0 bridgehead atoms. The third-order valence-corrected chi connectivity index (χ3v) is 3.42. The van der Waals surface area contributed by atoms with Gasteiger partial charge in [0.15, 0.2) is 0 Å². The molecule has 2 aromatic carbocycles. The lowest BCUT2D eigenvalue weighted by atomic mass is 9.99. The van der Waals surface area contributed by atoms with Crippen molar-refractivity contribution in [1.29, 1.82) is 0 Å². The van der Waals surface area contributed by atoms with Gasteiger partial charge in [-0.3, -0.25) is 11.3 Å². The number of hydrogen-bond acceptors (Lipinski definition) is 2. The molecule has 0 aliphatic heterocycles. The van der Waals surface area contributed by atoms with E-state index in [1.165, 1.54) is 12.1 Å². The molecule has 0 spiro atoms. The summed E-state index contributed by atoms with van der Waals surface area (Å²) in [6, 6.07) is 11.9. The molecule has 0 saturated carbocycles. The first-order valence-corrected chi connectivity index (χ1v) is 6.51. The third kappa shape index (κ3) is 3.67. The minimum Gasteiger partial charge on any atom is -0.271 e. The lowest BCUT2D eigenvalue weighted by molar-refractivity contribution is 0.544. The van der Waals surface area contributed by atoms with Crippen molar-refractivity contribution in [3.05, 3.63) is 69.5 Å². The molecule has 0 fully saturated rings. The number of rotatable bonds is 4. The van der Waals surface area contributed by atoms with Gasteiger partial charge in [-0.2, -0.15) is 0 Å². The van der Waals surface area contributed by atoms with Crippen molar-refractivity contribution in [1.82, 2.24) is 5.43 Å². The van der Waals surface area contributed by atoms with Gasteiger partial charge < -0.3 is 0 Å². The predicted molar refractivity (Wildman–Crippen MR) is 76.6 cm³/mol. The summed E-state index contributed by atoms with van der Waals surface area (Å²) >= 11 is 11.6. The Labute approximate surface area is 121 Å². The fourth-order valence-corrected chi connectivity index (χ4v) is 2.23. The van der Waals surface area contributed by atoms with Crippen LogP contribution in [0.5, 0.6) is 0 Å². The Morgan fingerprint density at radius 1 is 1.16 bits per heavy atom. The van der Waals surface area contributed by atoms with E-state index in [0.717, 1.165) is 11.1 Å². The molecular weight excluding hydrogens is 286 g/mol. The lowest BCUT2D eigenvalue weighted by Crippen LogP contribution is -2.29. The number of benzene rings is 2. The lowest BCUT2D eigenvalue weighted by Gasteiger charge is -2.17. The molecule has 0 aromatic heterocycles. The van der Waals surface area contributed by atoms with Gasteiger partial charge >= 0.3 is 0 Å². The van der Waals surface area contributed by atoms with Crippen molar-refractivity contribution in [3.8, 4) is 0 Å². The van der Waals surface area contributed by atoms with Crippen molar-refractivity contribution in [2.75, 3.05) is 0 Å². The van der Waals surface area contributed by atoms with Crippen LogP contribution in [0.3, 0.4) is 0 Å². The molecule has 0 aliphatic rings. The highest BCUT2D eigenvalue weighted by molar-refractivity contribution is 6.31. The molecule has 3 N–H and O–H groups in total. The van der Waals surface area contributed by atoms with Crippen LogP contribution in [-0.2, 0) is 6.42 Å². The van der Waals surface area contributed by atoms with E-state index in [4.69, 9.17) is 29.0 Å². The van der Waals surface area contributed by atoms with Gasteiger partial charge in [-0.15, -0.1) is 0 Å². The van der Waals surface area contributed by atoms with Crippen molar-refractivity contribution in [3.63, 3.8) is 0 Å². The summed E-state index contributed by atoms with van der Waals surface area (Å²) in [7, 11) is 0. The standard InChI is InChI=1S/C14H13Cl2FN2/c15-11-3-1-2-9(6-11)7-14(19-18)10-4-5-12(16)13(17)8-10/h1-6,8,14,19H,7,18H2. The van der Waals surface area contributed by atoms with Gasteiger partial charge in [0.1, 0.15) is 5.82 Å². The van der Waals surface area contributed by atoms with Gasteiger partial charge in [0, 0.05) is 5.02 Å². The summed E-state index contributed by atoms with van der Waals surface area (Å²) < 4.78 is 13.5. The first-order valence-electron chi connectivity index (χ1n) is 5.75. The van der Waals surface area contributed by atoms with Crippen LogP contribution in [0.15, 0.2) is 42.5 Å². The Hall–Kier alpha value is -1.13. The summed E-state index contributed by atoms with van der Waals surface area (Å²) in [6.45, 7) is 0. The molecule has 19 heavy (non-hydrogen) atoms. The maximum atomic E-state index is 13.5. The largest absolute Gasteiger partial charge is 0.271 e. The SMILES string of the molecule is NNC(Cc1cccc(Cl)c1)c1ccc(Cl)c(F)c1. The van der Waals surface area contributed by atoms with E-state index in [1.54, 1.807) is 12.1 Å². The zero-order valence-electron chi connectivity index (χ0n) is 10.0. The van der Waals surface area contributed by atoms with Gasteiger partial charge in [0.05, 0.1) is 11.1 Å². The van der Waals surface area contributed by atoms with Crippen LogP contribution < -0.4 is 11.3 Å². The molecule has 0 saturated heterocycles. The van der Waals surface area contributed by atoms with Crippen LogP contribution in [0.25, 0.3) is 0 Å². The number of hydrazine groups is 1. The number of nitrogens with two attached hydrogens (primary N) is 1. The number of halogens is 3. The van der Waals surface area contributed by atoms with E-state index in [2.05, 4.69) is 5.43 Å². The molecular formula is C14H13Cl2FN2. The highest BCUT2D eigenvalue weighted by atomic mass is 35.5. The Kier molecular flexibility index (Phi) is 4.77. The highest BCUT2D eigenvalue weighted by Gasteiger charge is 2.12. The van der Waals surface area contributed by atoms with E-state index < -0.39 is 5.82 Å². The second-order valence-corrected chi connectivity index (χ2v) is 5.07. The Morgan fingerprint density at radius 2 is 1.95 bits per heavy atom. The quantitative estimate of drug-likeness (QED) is 0.664. The van der Waals surface area contributed by atoms with E-state index in [0.29, 0.717) is 11.4 Å². The monoisotopic (exact) mass is 298 g/mol. The van der Waals surface area contributed by atoms with Crippen LogP contribution >= 0.6 is 23.2 Å². The van der Waals surface area contributed by atoms with Crippen LogP contribution in [0.4, 0.5) is 4.39 Å². The molecule has 0 radical (unpaired) electrons. The van der Waals surface area contributed by atoms with Crippen LogP contribution in [0.2, 0.25) is 10.0 Å². The van der Waals surface area contributed by atoms with E-state index in [1.807, 2.05) is 18.2 Å². The maximum Gasteiger partial charge on any atom is 0.142 e. The van der Waals surface area contributed by atoms with Gasteiger partial charge in [0.25, 0.3) is 0 Å². The second-order valence-electron chi connectivity index (χ2n) is 4.23. The zero-order chi connectivity index (χ0) is 13.8. The molecule has 0 aliphatic carbocycles. The van der Waals surface area contributed by atoms with Crippen LogP contribution in [0.1, 0.15) is 17.2 Å². The van der Waals surface area contributed by atoms with Crippen molar-refractivity contribution >= 4 is 23.2 Å². The number of hydrogen-bond donors (Lipinski definition) is 2. The maximum absolute atomic E-state index is 13.5. The second kappa shape index (κ2) is 6.35. The van der Waals surface area contributed by atoms with Gasteiger partial charge in [-0.25, -0.2) is 4.39 Å². The molecule has 2 aromatic rings. The first-order chi connectivity index (χ1) is 9.10. The first kappa shape index (κ1) is 14.3. The summed E-state index contributed by atoms with van der Waals surface area (Å²) in [6.07, 6.45) is 0.609. The third-order valence-electron chi connectivity index (χ3n) is 2.88. The van der Waals surface area contributed by atoms with Crippen molar-refractivity contribution in [2.45, 2.75) is 12.5 Å². The zero-order valence-corrected chi connectivity index (χ0v) is 11.5. The highest BCUT2D eigenvalue weighted by Crippen LogP contribution is 2.23. The number of nitrogens with one attached hydrogen (secondary N) is 1. The van der Waals surface area contributed by atoms with Gasteiger partial charge in [0.2, 0.25) is 0 Å². The van der Waals surface area contributed by atoms with Crippen LogP contribution in [0, 0.1) is 5.82 Å². The molecule has 0 amide bonds. The van der Waals surface area contributed by atoms with Gasteiger partial charge in [-0.1, -0.05) is 41.4 Å². The molecule has 100 valence electrons. The molecule has 2 rings (SSSR count). The minimum atomic E-state index is -0.453. The molecule has 0 heterocycles. The Balaban J connectivity index is 2.22. The van der Waals surface area contributed by atoms with Crippen molar-refractivity contribution in [2.24, 2.45) is 5.84 Å². The molecule has 2 nitrogen and oxygen atoms in total. The summed E-state index contributed by atoms with van der Waals surface area (Å²) in [5.41, 5.74) is 4.44.